The van der Waals surface area contributed by atoms with Crippen molar-refractivity contribution >= 4 is 12.2 Å². The van der Waals surface area contributed by atoms with Crippen LogP contribution in [0, 0.1) is 0 Å². The highest BCUT2D eigenvalue weighted by Gasteiger charge is 2.05. The molecule has 3 aromatic rings. The molecule has 0 saturated heterocycles. The first-order valence-corrected chi connectivity index (χ1v) is 8.34. The zero-order chi connectivity index (χ0) is 17.6. The number of benzene rings is 3. The molecule has 0 aliphatic carbocycles. The lowest BCUT2D eigenvalue weighted by Crippen LogP contribution is -2.21. The molecule has 0 amide bonds. The molecule has 0 spiro atoms. The quantitative estimate of drug-likeness (QED) is 0.521. The fourth-order valence-electron chi connectivity index (χ4n) is 2.44. The van der Waals surface area contributed by atoms with Crippen molar-refractivity contribution in [2.24, 2.45) is 0 Å². The number of methoxy groups -OCH3 is 1. The Morgan fingerprint density at radius 1 is 0.615 bits per heavy atom. The van der Waals surface area contributed by atoms with Crippen LogP contribution in [0.3, 0.4) is 0 Å². The van der Waals surface area contributed by atoms with E-state index in [0.717, 1.165) is 28.7 Å². The van der Waals surface area contributed by atoms with Gasteiger partial charge in [-0.3, -0.25) is 0 Å². The lowest BCUT2D eigenvalue weighted by Gasteiger charge is -2.10. The zero-order valence-electron chi connectivity index (χ0n) is 14.7. The Morgan fingerprint density at radius 3 is 1.54 bits per heavy atom. The van der Waals surface area contributed by atoms with Gasteiger partial charge in [-0.1, -0.05) is 44.7 Å². The number of hydrogen-bond donors (Lipinski definition) is 0. The highest BCUT2D eigenvalue weighted by atomic mass is 16.5. The van der Waals surface area contributed by atoms with Crippen molar-refractivity contribution in [3.8, 4) is 28.7 Å². The molecule has 0 aliphatic heterocycles. The van der Waals surface area contributed by atoms with Crippen molar-refractivity contribution in [1.29, 1.82) is 0 Å². The normalized spacial score (nSPS) is 9.81. The SMILES string of the molecule is C.COc1ccc(Oc2cccc(Oc3ccc(B(C)C)cc3)c2)cc1. The maximum Gasteiger partial charge on any atom is 0.169 e. The van der Waals surface area contributed by atoms with Gasteiger partial charge in [-0.05, 0) is 48.5 Å². The average molecular weight is 348 g/mol. The third kappa shape index (κ3) is 5.06. The van der Waals surface area contributed by atoms with Crippen LogP contribution >= 0.6 is 0 Å². The molecular weight excluding hydrogens is 323 g/mol. The highest BCUT2D eigenvalue weighted by molar-refractivity contribution is 6.70. The maximum atomic E-state index is 5.93. The van der Waals surface area contributed by atoms with E-state index < -0.39 is 0 Å². The molecule has 0 saturated carbocycles. The third-order valence-electron chi connectivity index (χ3n) is 3.88. The second-order valence-electron chi connectivity index (χ2n) is 6.08. The Kier molecular flexibility index (Phi) is 6.73. The molecular formula is C22H25BO3. The lowest BCUT2D eigenvalue weighted by atomic mass is 9.49. The monoisotopic (exact) mass is 348 g/mol. The third-order valence-corrected chi connectivity index (χ3v) is 3.88. The highest BCUT2D eigenvalue weighted by Crippen LogP contribution is 2.28. The van der Waals surface area contributed by atoms with Gasteiger partial charge < -0.3 is 14.2 Å². The van der Waals surface area contributed by atoms with Gasteiger partial charge in [0.1, 0.15) is 28.7 Å². The fraction of sp³-hybridized carbons (Fsp3) is 0.182. The van der Waals surface area contributed by atoms with Gasteiger partial charge in [-0.2, -0.15) is 0 Å². The molecule has 0 radical (unpaired) electrons. The largest absolute Gasteiger partial charge is 0.497 e. The summed E-state index contributed by atoms with van der Waals surface area (Å²) < 4.78 is 17.0. The summed E-state index contributed by atoms with van der Waals surface area (Å²) in [6, 6.07) is 23.3. The molecule has 3 rings (SSSR count). The summed E-state index contributed by atoms with van der Waals surface area (Å²) in [6.07, 6.45) is 0. The van der Waals surface area contributed by atoms with E-state index in [1.54, 1.807) is 7.11 Å². The molecule has 0 bridgehead atoms. The van der Waals surface area contributed by atoms with Gasteiger partial charge in [0.2, 0.25) is 0 Å². The van der Waals surface area contributed by atoms with Crippen LogP contribution in [0.25, 0.3) is 0 Å². The second kappa shape index (κ2) is 9.00. The molecule has 3 aromatic carbocycles. The van der Waals surface area contributed by atoms with E-state index >= 15 is 0 Å². The molecule has 0 aliphatic rings. The first-order chi connectivity index (χ1) is 12.1. The van der Waals surface area contributed by atoms with Crippen molar-refractivity contribution in [3.05, 3.63) is 72.8 Å². The van der Waals surface area contributed by atoms with E-state index in [1.807, 2.05) is 60.7 Å². The molecule has 0 N–H and O–H groups in total. The minimum absolute atomic E-state index is 0. The topological polar surface area (TPSA) is 27.7 Å². The van der Waals surface area contributed by atoms with Crippen LogP contribution in [0.15, 0.2) is 72.8 Å². The molecule has 0 atom stereocenters. The summed E-state index contributed by atoms with van der Waals surface area (Å²) in [5.74, 6) is 3.82. The Hall–Kier alpha value is -2.88. The Balaban J connectivity index is 0.00000243. The van der Waals surface area contributed by atoms with Gasteiger partial charge in [0.05, 0.1) is 7.11 Å². The summed E-state index contributed by atoms with van der Waals surface area (Å²) in [4.78, 5) is 0. The van der Waals surface area contributed by atoms with Crippen LogP contribution < -0.4 is 19.7 Å². The summed E-state index contributed by atoms with van der Waals surface area (Å²) >= 11 is 0. The van der Waals surface area contributed by atoms with E-state index in [1.165, 1.54) is 5.46 Å². The second-order valence-corrected chi connectivity index (χ2v) is 6.08. The molecule has 134 valence electrons. The lowest BCUT2D eigenvalue weighted by molar-refractivity contribution is 0.412. The first-order valence-electron chi connectivity index (χ1n) is 8.34. The zero-order valence-corrected chi connectivity index (χ0v) is 14.7. The summed E-state index contributed by atoms with van der Waals surface area (Å²) in [5, 5.41) is 0. The molecule has 0 unspecified atom stereocenters. The number of ether oxygens (including phenoxy) is 3. The van der Waals surface area contributed by atoms with Gasteiger partial charge in [0, 0.05) is 6.07 Å². The average Bonchev–Trinajstić information content (AvgIpc) is 2.63. The van der Waals surface area contributed by atoms with Gasteiger partial charge in [0.15, 0.2) is 6.71 Å². The summed E-state index contributed by atoms with van der Waals surface area (Å²) in [6.45, 7) is 4.86. The molecule has 4 heteroatoms. The van der Waals surface area contributed by atoms with Crippen LogP contribution in [0.5, 0.6) is 28.7 Å². The Bertz CT molecular complexity index is 812. The summed E-state index contributed by atoms with van der Waals surface area (Å²) in [7, 11) is 1.64. The van der Waals surface area contributed by atoms with Crippen molar-refractivity contribution in [2.45, 2.75) is 21.1 Å². The molecule has 0 fully saturated rings. The molecule has 0 aromatic heterocycles. The van der Waals surface area contributed by atoms with Crippen LogP contribution in [0.1, 0.15) is 7.43 Å². The van der Waals surface area contributed by atoms with Gasteiger partial charge >= 0.3 is 0 Å². The van der Waals surface area contributed by atoms with E-state index in [4.69, 9.17) is 14.2 Å². The van der Waals surface area contributed by atoms with Crippen LogP contribution in [0.4, 0.5) is 0 Å². The van der Waals surface area contributed by atoms with E-state index in [2.05, 4.69) is 25.8 Å². The van der Waals surface area contributed by atoms with Crippen molar-refractivity contribution in [2.75, 3.05) is 7.11 Å². The van der Waals surface area contributed by atoms with Gasteiger partial charge in [-0.15, -0.1) is 0 Å². The minimum atomic E-state index is 0. The molecule has 3 nitrogen and oxygen atoms in total. The predicted molar refractivity (Wildman–Crippen MR) is 110 cm³/mol. The van der Waals surface area contributed by atoms with Crippen molar-refractivity contribution in [1.82, 2.24) is 0 Å². The number of rotatable bonds is 6. The van der Waals surface area contributed by atoms with E-state index in [9.17, 15) is 0 Å². The van der Waals surface area contributed by atoms with Crippen LogP contribution in [-0.2, 0) is 0 Å². The molecule has 26 heavy (non-hydrogen) atoms. The summed E-state index contributed by atoms with van der Waals surface area (Å²) in [5.41, 5.74) is 1.30. The Labute approximate surface area is 156 Å². The molecule has 0 heterocycles. The van der Waals surface area contributed by atoms with Crippen LogP contribution in [0.2, 0.25) is 13.6 Å². The minimum Gasteiger partial charge on any atom is -0.497 e. The van der Waals surface area contributed by atoms with Gasteiger partial charge in [-0.25, -0.2) is 0 Å². The number of hydrogen-bond acceptors (Lipinski definition) is 3. The first kappa shape index (κ1) is 19.4. The van der Waals surface area contributed by atoms with Gasteiger partial charge in [0.25, 0.3) is 0 Å². The standard InChI is InChI=1S/C21H21BO3.CH4/c1-22(2)16-7-9-18(10-8-16)24-20-5-4-6-21(15-20)25-19-13-11-17(23-3)12-14-19;/h4-15H,1-3H3;1H4. The predicted octanol–water partition coefficient (Wildman–Crippen LogP) is 5.88. The van der Waals surface area contributed by atoms with E-state index in [0.29, 0.717) is 6.71 Å². The smallest absolute Gasteiger partial charge is 0.169 e. The fourth-order valence-corrected chi connectivity index (χ4v) is 2.44. The van der Waals surface area contributed by atoms with Crippen molar-refractivity contribution in [3.63, 3.8) is 0 Å². The van der Waals surface area contributed by atoms with E-state index in [-0.39, 0.29) is 7.43 Å². The van der Waals surface area contributed by atoms with Crippen LogP contribution in [-0.4, -0.2) is 13.8 Å². The maximum absolute atomic E-state index is 5.93. The van der Waals surface area contributed by atoms with Crippen molar-refractivity contribution < 1.29 is 14.2 Å². The Morgan fingerprint density at radius 2 is 1.08 bits per heavy atom.